The summed E-state index contributed by atoms with van der Waals surface area (Å²) < 4.78 is 16.8. The number of unbranched alkanes of at least 4 members (excludes halogenated alkanes) is 36. The zero-order chi connectivity index (χ0) is 52.2. The summed E-state index contributed by atoms with van der Waals surface area (Å²) in [7, 11) is 0. The molecule has 72 heavy (non-hydrogen) atoms. The van der Waals surface area contributed by atoms with E-state index >= 15 is 0 Å². The van der Waals surface area contributed by atoms with Crippen LogP contribution >= 0.6 is 0 Å². The van der Waals surface area contributed by atoms with Gasteiger partial charge in [0.2, 0.25) is 0 Å². The molecule has 0 heterocycles. The van der Waals surface area contributed by atoms with E-state index in [1.807, 2.05) is 0 Å². The van der Waals surface area contributed by atoms with Crippen molar-refractivity contribution < 1.29 is 28.6 Å². The van der Waals surface area contributed by atoms with Crippen molar-refractivity contribution in [3.05, 3.63) is 60.8 Å². The molecule has 0 rings (SSSR count). The van der Waals surface area contributed by atoms with Gasteiger partial charge in [0, 0.05) is 19.3 Å². The lowest BCUT2D eigenvalue weighted by Gasteiger charge is -2.18. The van der Waals surface area contributed by atoms with E-state index in [0.717, 1.165) is 83.5 Å². The molecule has 0 aromatic heterocycles. The number of esters is 3. The minimum absolute atomic E-state index is 0.0726. The van der Waals surface area contributed by atoms with Gasteiger partial charge in [0.05, 0.1) is 0 Å². The minimum atomic E-state index is -0.771. The molecule has 0 saturated heterocycles. The van der Waals surface area contributed by atoms with E-state index in [-0.39, 0.29) is 31.1 Å². The molecule has 0 amide bonds. The summed E-state index contributed by atoms with van der Waals surface area (Å²) >= 11 is 0. The molecule has 0 bridgehead atoms. The van der Waals surface area contributed by atoms with Gasteiger partial charge in [-0.2, -0.15) is 0 Å². The highest BCUT2D eigenvalue weighted by atomic mass is 16.6. The van der Waals surface area contributed by atoms with Gasteiger partial charge >= 0.3 is 17.9 Å². The molecule has 418 valence electrons. The van der Waals surface area contributed by atoms with Crippen molar-refractivity contribution in [3.8, 4) is 0 Å². The van der Waals surface area contributed by atoms with Gasteiger partial charge in [-0.05, 0) is 83.5 Å². The van der Waals surface area contributed by atoms with E-state index in [0.29, 0.717) is 19.3 Å². The number of rotatable bonds is 57. The van der Waals surface area contributed by atoms with Crippen molar-refractivity contribution in [1.82, 2.24) is 0 Å². The monoisotopic (exact) mass is 1010 g/mol. The second-order valence-electron chi connectivity index (χ2n) is 20.9. The molecule has 0 spiro atoms. The van der Waals surface area contributed by atoms with Crippen LogP contribution in [-0.2, 0) is 28.6 Å². The average Bonchev–Trinajstić information content (AvgIpc) is 3.38. The number of hydrogen-bond acceptors (Lipinski definition) is 6. The second-order valence-corrected chi connectivity index (χ2v) is 20.9. The van der Waals surface area contributed by atoms with Crippen LogP contribution < -0.4 is 0 Å². The molecule has 0 aliphatic rings. The van der Waals surface area contributed by atoms with Crippen LogP contribution in [0, 0.1) is 0 Å². The summed E-state index contributed by atoms with van der Waals surface area (Å²) in [5.41, 5.74) is 0. The third-order valence-corrected chi connectivity index (χ3v) is 13.8. The van der Waals surface area contributed by atoms with Gasteiger partial charge in [0.1, 0.15) is 13.2 Å². The summed E-state index contributed by atoms with van der Waals surface area (Å²) in [5.74, 6) is -0.870. The van der Waals surface area contributed by atoms with Gasteiger partial charge in [0.25, 0.3) is 0 Å². The maximum absolute atomic E-state index is 12.8. The Morgan fingerprint density at radius 1 is 0.292 bits per heavy atom. The van der Waals surface area contributed by atoms with Gasteiger partial charge < -0.3 is 14.2 Å². The predicted molar refractivity (Wildman–Crippen MR) is 312 cm³/mol. The molecule has 1 atom stereocenters. The van der Waals surface area contributed by atoms with Gasteiger partial charge in [-0.1, -0.05) is 281 Å². The molecule has 0 aromatic carbocycles. The summed E-state index contributed by atoms with van der Waals surface area (Å²) in [6.45, 7) is 6.50. The van der Waals surface area contributed by atoms with E-state index in [2.05, 4.69) is 81.5 Å². The zero-order valence-electron chi connectivity index (χ0n) is 47.9. The molecule has 6 heteroatoms. The number of carbonyl (C=O) groups is 3. The van der Waals surface area contributed by atoms with E-state index in [1.54, 1.807) is 0 Å². The Balaban J connectivity index is 4.08. The van der Waals surface area contributed by atoms with E-state index in [1.165, 1.54) is 199 Å². The number of carbonyl (C=O) groups excluding carboxylic acids is 3. The maximum atomic E-state index is 12.8. The molecule has 0 aliphatic heterocycles. The molecule has 0 aliphatic carbocycles. The molecule has 0 fully saturated rings. The number of allylic oxidation sites excluding steroid dienone is 10. The third-order valence-electron chi connectivity index (χ3n) is 13.8. The van der Waals surface area contributed by atoms with Crippen molar-refractivity contribution >= 4 is 17.9 Å². The lowest BCUT2D eigenvalue weighted by Crippen LogP contribution is -2.30. The molecule has 0 radical (unpaired) electrons. The molecular weight excluding hydrogens is 889 g/mol. The summed E-state index contributed by atoms with van der Waals surface area (Å²) in [5, 5.41) is 0. The normalized spacial score (nSPS) is 12.4. The maximum Gasteiger partial charge on any atom is 0.306 e. The van der Waals surface area contributed by atoms with Crippen LogP contribution in [0.3, 0.4) is 0 Å². The Labute approximate surface area is 447 Å². The molecule has 0 N–H and O–H groups in total. The van der Waals surface area contributed by atoms with Crippen molar-refractivity contribution in [2.75, 3.05) is 13.2 Å². The lowest BCUT2D eigenvalue weighted by molar-refractivity contribution is -0.167. The first-order valence-electron chi connectivity index (χ1n) is 31.3. The highest BCUT2D eigenvalue weighted by Gasteiger charge is 2.19. The quantitative estimate of drug-likeness (QED) is 0.0261. The molecule has 0 aromatic rings. The van der Waals surface area contributed by atoms with Gasteiger partial charge in [0.15, 0.2) is 6.10 Å². The summed E-state index contributed by atoms with van der Waals surface area (Å²) in [4.78, 5) is 38.0. The minimum Gasteiger partial charge on any atom is -0.462 e. The Kier molecular flexibility index (Phi) is 58.2. The fourth-order valence-corrected chi connectivity index (χ4v) is 9.08. The van der Waals surface area contributed by atoms with Crippen molar-refractivity contribution in [1.29, 1.82) is 0 Å². The van der Waals surface area contributed by atoms with E-state index in [9.17, 15) is 14.4 Å². The average molecular weight is 1010 g/mol. The number of ether oxygens (including phenoxy) is 3. The first-order valence-corrected chi connectivity index (χ1v) is 31.3. The van der Waals surface area contributed by atoms with Gasteiger partial charge in [-0.25, -0.2) is 0 Å². The molecule has 6 nitrogen and oxygen atoms in total. The molecular formula is C66H118O6. The SMILES string of the molecule is CC/C=C\C/C=C\C/C=C\C/C=C\CCCCCCCCCCCCCCC(=O)OCC(COC(=O)CCCCCCCC)OC(=O)CCCCCCCCCCCCC/C=C\CCCCCCCCCC. The van der Waals surface area contributed by atoms with Crippen LogP contribution in [0.4, 0.5) is 0 Å². The third kappa shape index (κ3) is 58.0. The van der Waals surface area contributed by atoms with Crippen molar-refractivity contribution in [3.63, 3.8) is 0 Å². The van der Waals surface area contributed by atoms with E-state index < -0.39 is 6.10 Å². The first kappa shape index (κ1) is 69.1. The highest BCUT2D eigenvalue weighted by Crippen LogP contribution is 2.17. The van der Waals surface area contributed by atoms with Gasteiger partial charge in [-0.15, -0.1) is 0 Å². The van der Waals surface area contributed by atoms with Crippen LogP contribution in [0.25, 0.3) is 0 Å². The summed E-state index contributed by atoms with van der Waals surface area (Å²) in [6.07, 6.45) is 76.9. The lowest BCUT2D eigenvalue weighted by atomic mass is 10.0. The van der Waals surface area contributed by atoms with Crippen LogP contribution in [0.5, 0.6) is 0 Å². The van der Waals surface area contributed by atoms with Gasteiger partial charge in [-0.3, -0.25) is 14.4 Å². The zero-order valence-corrected chi connectivity index (χ0v) is 47.9. The van der Waals surface area contributed by atoms with Crippen LogP contribution in [-0.4, -0.2) is 37.2 Å². The van der Waals surface area contributed by atoms with Crippen molar-refractivity contribution in [2.45, 2.75) is 329 Å². The Bertz CT molecular complexity index is 1290. The second kappa shape index (κ2) is 60.7. The smallest absolute Gasteiger partial charge is 0.306 e. The first-order chi connectivity index (χ1) is 35.5. The largest absolute Gasteiger partial charge is 0.462 e. The van der Waals surface area contributed by atoms with Crippen LogP contribution in [0.2, 0.25) is 0 Å². The standard InChI is InChI=1S/C66H118O6/c1-4-7-10-13-16-18-20-22-24-26-28-30-32-33-35-36-38-40-42-44-46-48-50-53-56-59-65(68)71-62-63(61-70-64(67)58-55-52-15-12-9-6-3)72-66(69)60-57-54-51-49-47-45-43-41-39-37-34-31-29-27-25-23-21-19-17-14-11-8-5-2/h7,10,16,18,22,24,27-30,63H,4-6,8-9,11-15,17,19-21,23,25-26,31-62H2,1-3H3/b10-7-,18-16-,24-22-,29-27-,30-28-. The Morgan fingerprint density at radius 3 is 0.861 bits per heavy atom. The summed E-state index contributed by atoms with van der Waals surface area (Å²) in [6, 6.07) is 0. The fourth-order valence-electron chi connectivity index (χ4n) is 9.08. The highest BCUT2D eigenvalue weighted by molar-refractivity contribution is 5.71. The molecule has 1 unspecified atom stereocenters. The van der Waals surface area contributed by atoms with Crippen molar-refractivity contribution in [2.24, 2.45) is 0 Å². The predicted octanol–water partition coefficient (Wildman–Crippen LogP) is 21.2. The van der Waals surface area contributed by atoms with Crippen LogP contribution in [0.15, 0.2) is 60.8 Å². The Morgan fingerprint density at radius 2 is 0.542 bits per heavy atom. The van der Waals surface area contributed by atoms with E-state index in [4.69, 9.17) is 14.2 Å². The Hall–Kier alpha value is -2.89. The fraction of sp³-hybridized carbons (Fsp3) is 0.803. The molecule has 0 saturated carbocycles. The van der Waals surface area contributed by atoms with Crippen LogP contribution in [0.1, 0.15) is 323 Å². The topological polar surface area (TPSA) is 78.9 Å². The number of hydrogen-bond donors (Lipinski definition) is 0.